The number of rotatable bonds is 8. The summed E-state index contributed by atoms with van der Waals surface area (Å²) in [6.07, 6.45) is -1.50. The standard InChI is InChI=1S/C24H32ClN3O4/c1-31-20-8-3-2-7-19(20)27-9-11-28(12-10-27)23-21(32-22(16-29)24(23)30)15-26-14-17-5-4-6-18(25)13-17/h2-8,13,21-24,26,29-30H,9-12,14-16H2,1H3/t21-,22+,23-,24-/m1/s1. The lowest BCUT2D eigenvalue weighted by Crippen LogP contribution is -2.57. The number of hydrogen-bond acceptors (Lipinski definition) is 7. The van der Waals surface area contributed by atoms with E-state index >= 15 is 0 Å². The molecule has 32 heavy (non-hydrogen) atoms. The van der Waals surface area contributed by atoms with Crippen molar-refractivity contribution in [3.05, 3.63) is 59.1 Å². The summed E-state index contributed by atoms with van der Waals surface area (Å²) in [4.78, 5) is 4.60. The molecule has 2 aromatic rings. The highest BCUT2D eigenvalue weighted by Gasteiger charge is 2.46. The van der Waals surface area contributed by atoms with Crippen molar-refractivity contribution in [3.8, 4) is 5.75 Å². The van der Waals surface area contributed by atoms with Crippen LogP contribution in [0.1, 0.15) is 5.56 Å². The van der Waals surface area contributed by atoms with Gasteiger partial charge in [0.25, 0.3) is 0 Å². The smallest absolute Gasteiger partial charge is 0.142 e. The molecule has 7 nitrogen and oxygen atoms in total. The Bertz CT molecular complexity index is 878. The second kappa shape index (κ2) is 10.8. The quantitative estimate of drug-likeness (QED) is 0.552. The second-order valence-corrected chi connectivity index (χ2v) is 8.77. The van der Waals surface area contributed by atoms with Gasteiger partial charge in [0.05, 0.1) is 31.5 Å². The monoisotopic (exact) mass is 461 g/mol. The lowest BCUT2D eigenvalue weighted by Gasteiger charge is -2.41. The molecule has 2 saturated heterocycles. The van der Waals surface area contributed by atoms with E-state index < -0.39 is 12.2 Å². The van der Waals surface area contributed by atoms with Gasteiger partial charge in [-0.1, -0.05) is 35.9 Å². The highest BCUT2D eigenvalue weighted by atomic mass is 35.5. The predicted octanol–water partition coefficient (Wildman–Crippen LogP) is 1.75. The molecule has 8 heteroatoms. The molecule has 2 aliphatic rings. The van der Waals surface area contributed by atoms with E-state index in [9.17, 15) is 10.2 Å². The van der Waals surface area contributed by atoms with Crippen LogP contribution < -0.4 is 15.0 Å². The number of ether oxygens (including phenoxy) is 2. The molecule has 174 valence electrons. The van der Waals surface area contributed by atoms with Crippen molar-refractivity contribution in [1.29, 1.82) is 0 Å². The zero-order valence-electron chi connectivity index (χ0n) is 18.4. The molecule has 0 aliphatic carbocycles. The van der Waals surface area contributed by atoms with Crippen molar-refractivity contribution in [2.24, 2.45) is 0 Å². The van der Waals surface area contributed by atoms with Crippen LogP contribution in [0.3, 0.4) is 0 Å². The zero-order chi connectivity index (χ0) is 22.5. The van der Waals surface area contributed by atoms with Gasteiger partial charge in [-0.2, -0.15) is 0 Å². The molecule has 0 radical (unpaired) electrons. The van der Waals surface area contributed by atoms with Crippen molar-refractivity contribution in [2.45, 2.75) is 30.9 Å². The third-order valence-corrected chi connectivity index (χ3v) is 6.60. The second-order valence-electron chi connectivity index (χ2n) is 8.33. The lowest BCUT2D eigenvalue weighted by molar-refractivity contribution is -0.0213. The van der Waals surface area contributed by atoms with Crippen molar-refractivity contribution >= 4 is 17.3 Å². The number of nitrogens with zero attached hydrogens (tertiary/aromatic N) is 2. The normalized spacial score (nSPS) is 26.4. The van der Waals surface area contributed by atoms with Gasteiger partial charge in [0.15, 0.2) is 0 Å². The van der Waals surface area contributed by atoms with E-state index in [0.29, 0.717) is 18.1 Å². The minimum Gasteiger partial charge on any atom is -0.495 e. The number of aliphatic hydroxyl groups excluding tert-OH is 2. The van der Waals surface area contributed by atoms with Crippen LogP contribution in [0, 0.1) is 0 Å². The summed E-state index contributed by atoms with van der Waals surface area (Å²) in [5.74, 6) is 0.869. The Morgan fingerprint density at radius 3 is 2.59 bits per heavy atom. The number of piperazine rings is 1. The molecule has 4 atom stereocenters. The molecule has 3 N–H and O–H groups in total. The van der Waals surface area contributed by atoms with Gasteiger partial charge in [0.1, 0.15) is 18.0 Å². The molecule has 0 unspecified atom stereocenters. The van der Waals surface area contributed by atoms with Gasteiger partial charge in [-0.3, -0.25) is 4.90 Å². The van der Waals surface area contributed by atoms with Gasteiger partial charge in [-0.15, -0.1) is 0 Å². The van der Waals surface area contributed by atoms with Crippen LogP contribution >= 0.6 is 11.6 Å². The zero-order valence-corrected chi connectivity index (χ0v) is 19.1. The van der Waals surface area contributed by atoms with E-state index in [2.05, 4.69) is 21.2 Å². The highest BCUT2D eigenvalue weighted by Crippen LogP contribution is 2.31. The largest absolute Gasteiger partial charge is 0.495 e. The maximum atomic E-state index is 10.9. The maximum Gasteiger partial charge on any atom is 0.142 e. The topological polar surface area (TPSA) is 77.4 Å². The fourth-order valence-electron chi connectivity index (χ4n) is 4.75. The van der Waals surface area contributed by atoms with Gasteiger partial charge >= 0.3 is 0 Å². The third kappa shape index (κ3) is 5.20. The van der Waals surface area contributed by atoms with E-state index in [1.165, 1.54) is 0 Å². The predicted molar refractivity (Wildman–Crippen MR) is 125 cm³/mol. The third-order valence-electron chi connectivity index (χ3n) is 6.37. The molecule has 4 rings (SSSR count). The summed E-state index contributed by atoms with van der Waals surface area (Å²) < 4.78 is 11.6. The number of para-hydroxylation sites is 2. The molecule has 0 bridgehead atoms. The first-order valence-electron chi connectivity index (χ1n) is 11.1. The molecular weight excluding hydrogens is 430 g/mol. The van der Waals surface area contributed by atoms with Crippen LogP contribution in [0.4, 0.5) is 5.69 Å². The van der Waals surface area contributed by atoms with E-state index in [1.807, 2.05) is 42.5 Å². The number of benzene rings is 2. The number of anilines is 1. The van der Waals surface area contributed by atoms with Crippen molar-refractivity contribution in [1.82, 2.24) is 10.2 Å². The molecular formula is C24H32ClN3O4. The SMILES string of the molecule is COc1ccccc1N1CCN([C@H]2[C@H](O)[C@H](CO)O[C@@H]2CNCc2cccc(Cl)c2)CC1. The van der Waals surface area contributed by atoms with Crippen LogP contribution in [-0.2, 0) is 11.3 Å². The molecule has 0 spiro atoms. The molecule has 2 aliphatic heterocycles. The van der Waals surface area contributed by atoms with Crippen LogP contribution in [0.5, 0.6) is 5.75 Å². The number of nitrogens with one attached hydrogen (secondary N) is 1. The average molecular weight is 462 g/mol. The van der Waals surface area contributed by atoms with Gasteiger partial charge in [-0.25, -0.2) is 0 Å². The fourth-order valence-corrected chi connectivity index (χ4v) is 4.97. The Morgan fingerprint density at radius 2 is 1.88 bits per heavy atom. The van der Waals surface area contributed by atoms with Crippen LogP contribution in [0.2, 0.25) is 5.02 Å². The fraction of sp³-hybridized carbons (Fsp3) is 0.500. The Balaban J connectivity index is 1.37. The molecule has 2 fully saturated rings. The number of halogens is 1. The van der Waals surface area contributed by atoms with Crippen LogP contribution in [-0.4, -0.2) is 85.9 Å². The van der Waals surface area contributed by atoms with E-state index in [-0.39, 0.29) is 18.8 Å². The van der Waals surface area contributed by atoms with Gasteiger partial charge in [-0.05, 0) is 29.8 Å². The molecule has 2 heterocycles. The summed E-state index contributed by atoms with van der Waals surface area (Å²) in [5, 5.41) is 24.7. The van der Waals surface area contributed by atoms with E-state index in [0.717, 1.165) is 43.2 Å². The first-order valence-corrected chi connectivity index (χ1v) is 11.5. The number of methoxy groups -OCH3 is 1. The van der Waals surface area contributed by atoms with Crippen molar-refractivity contribution in [3.63, 3.8) is 0 Å². The highest BCUT2D eigenvalue weighted by molar-refractivity contribution is 6.30. The van der Waals surface area contributed by atoms with Crippen LogP contribution in [0.25, 0.3) is 0 Å². The first-order chi connectivity index (χ1) is 15.6. The summed E-state index contributed by atoms with van der Waals surface area (Å²) in [5.41, 5.74) is 2.18. The van der Waals surface area contributed by atoms with Crippen molar-refractivity contribution < 1.29 is 19.7 Å². The van der Waals surface area contributed by atoms with E-state index in [4.69, 9.17) is 21.1 Å². The Labute approximate surface area is 194 Å². The maximum absolute atomic E-state index is 10.9. The minimum atomic E-state index is -0.726. The average Bonchev–Trinajstić information content (AvgIpc) is 3.14. The molecule has 0 aromatic heterocycles. The summed E-state index contributed by atoms with van der Waals surface area (Å²) in [6.45, 7) is 4.31. The minimum absolute atomic E-state index is 0.168. The van der Waals surface area contributed by atoms with Gasteiger partial charge in [0.2, 0.25) is 0 Å². The molecule has 2 aromatic carbocycles. The number of hydrogen-bond donors (Lipinski definition) is 3. The summed E-state index contributed by atoms with van der Waals surface area (Å²) >= 11 is 6.08. The summed E-state index contributed by atoms with van der Waals surface area (Å²) in [6, 6.07) is 15.6. The number of aliphatic hydroxyl groups is 2. The summed E-state index contributed by atoms with van der Waals surface area (Å²) in [7, 11) is 1.69. The van der Waals surface area contributed by atoms with E-state index in [1.54, 1.807) is 7.11 Å². The Morgan fingerprint density at radius 1 is 1.09 bits per heavy atom. The first kappa shape index (κ1) is 23.3. The molecule has 0 saturated carbocycles. The van der Waals surface area contributed by atoms with Crippen molar-refractivity contribution in [2.75, 3.05) is 51.3 Å². The van der Waals surface area contributed by atoms with Gasteiger partial charge < -0.3 is 29.9 Å². The lowest BCUT2D eigenvalue weighted by atomic mass is 10.0. The van der Waals surface area contributed by atoms with Crippen LogP contribution in [0.15, 0.2) is 48.5 Å². The Kier molecular flexibility index (Phi) is 7.88. The van der Waals surface area contributed by atoms with Gasteiger partial charge in [0, 0.05) is 44.3 Å². The Hall–Kier alpha value is -1.87. The molecule has 0 amide bonds.